The first-order valence-electron chi connectivity index (χ1n) is 9.20. The van der Waals surface area contributed by atoms with Crippen molar-refractivity contribution in [1.82, 2.24) is 14.5 Å². The number of benzene rings is 1. The van der Waals surface area contributed by atoms with Crippen molar-refractivity contribution in [3.05, 3.63) is 65.1 Å². The van der Waals surface area contributed by atoms with Crippen LogP contribution in [0.15, 0.2) is 36.7 Å². The number of pyridine rings is 1. The Morgan fingerprint density at radius 2 is 2.12 bits per heavy atom. The molecule has 3 aromatic rings. The van der Waals surface area contributed by atoms with E-state index in [2.05, 4.69) is 28.3 Å². The fourth-order valence-electron chi connectivity index (χ4n) is 4.16. The van der Waals surface area contributed by atoms with Crippen molar-refractivity contribution in [1.29, 1.82) is 0 Å². The minimum Gasteiger partial charge on any atom is -0.341 e. The molecule has 1 atom stereocenters. The van der Waals surface area contributed by atoms with Crippen LogP contribution < -0.4 is 0 Å². The number of halogens is 2. The summed E-state index contributed by atoms with van der Waals surface area (Å²) in [6.07, 6.45) is 5.22. The van der Waals surface area contributed by atoms with Gasteiger partial charge in [-0.1, -0.05) is 13.0 Å². The van der Waals surface area contributed by atoms with Crippen molar-refractivity contribution >= 4 is 10.9 Å². The minimum absolute atomic E-state index is 0.391. The molecule has 1 aromatic carbocycles. The molecular weight excluding hydrogens is 332 g/mol. The molecule has 0 amide bonds. The monoisotopic (exact) mass is 355 g/mol. The predicted octanol–water partition coefficient (Wildman–Crippen LogP) is 4.32. The van der Waals surface area contributed by atoms with Crippen molar-refractivity contribution in [2.24, 2.45) is 0 Å². The van der Waals surface area contributed by atoms with E-state index in [1.54, 1.807) is 6.20 Å². The van der Waals surface area contributed by atoms with Crippen LogP contribution in [0.5, 0.6) is 0 Å². The number of rotatable bonds is 4. The first-order chi connectivity index (χ1) is 12.6. The Balaban J connectivity index is 1.82. The van der Waals surface area contributed by atoms with Gasteiger partial charge in [0.25, 0.3) is 0 Å². The van der Waals surface area contributed by atoms with Gasteiger partial charge in [-0.3, -0.25) is 9.88 Å². The molecule has 3 heterocycles. The maximum Gasteiger partial charge on any atom is 0.150 e. The van der Waals surface area contributed by atoms with Crippen molar-refractivity contribution < 1.29 is 8.78 Å². The molecular formula is C21H23F2N3. The highest BCUT2D eigenvalue weighted by molar-refractivity contribution is 5.86. The van der Waals surface area contributed by atoms with Crippen LogP contribution in [-0.4, -0.2) is 27.0 Å². The zero-order valence-electron chi connectivity index (χ0n) is 15.2. The van der Waals surface area contributed by atoms with Gasteiger partial charge in [-0.15, -0.1) is 0 Å². The number of nitrogens with zero attached hydrogens (tertiary/aromatic N) is 3. The summed E-state index contributed by atoms with van der Waals surface area (Å²) in [5.41, 5.74) is 3.87. The summed E-state index contributed by atoms with van der Waals surface area (Å²) in [6.45, 7) is 6.67. The highest BCUT2D eigenvalue weighted by Crippen LogP contribution is 2.35. The van der Waals surface area contributed by atoms with E-state index in [9.17, 15) is 8.78 Å². The zero-order chi connectivity index (χ0) is 18.3. The molecule has 136 valence electrons. The van der Waals surface area contributed by atoms with E-state index in [-0.39, 0.29) is 0 Å². The van der Waals surface area contributed by atoms with Gasteiger partial charge in [-0.2, -0.15) is 0 Å². The average molecular weight is 355 g/mol. The minimum atomic E-state index is -0.510. The number of aromatic nitrogens is 2. The van der Waals surface area contributed by atoms with Gasteiger partial charge in [0, 0.05) is 55.1 Å². The highest BCUT2D eigenvalue weighted by Gasteiger charge is 2.29. The van der Waals surface area contributed by atoms with E-state index in [4.69, 9.17) is 0 Å². The Bertz CT molecular complexity index is 934. The summed E-state index contributed by atoms with van der Waals surface area (Å²) in [4.78, 5) is 6.51. The Morgan fingerprint density at radius 1 is 1.27 bits per heavy atom. The molecule has 2 aromatic heterocycles. The number of likely N-dealkylation sites (N-methyl/N-ethyl adjacent to an activating group) is 1. The lowest BCUT2D eigenvalue weighted by Gasteiger charge is -2.33. The smallest absolute Gasteiger partial charge is 0.150 e. The molecule has 0 bridgehead atoms. The Morgan fingerprint density at radius 3 is 2.85 bits per heavy atom. The lowest BCUT2D eigenvalue weighted by molar-refractivity contribution is 0.192. The maximum atomic E-state index is 14.7. The van der Waals surface area contributed by atoms with Crippen LogP contribution in [0.2, 0.25) is 0 Å². The average Bonchev–Trinajstić information content (AvgIpc) is 2.93. The first-order valence-corrected chi connectivity index (χ1v) is 9.20. The second-order valence-corrected chi connectivity index (χ2v) is 7.09. The topological polar surface area (TPSA) is 21.1 Å². The van der Waals surface area contributed by atoms with E-state index in [1.807, 2.05) is 18.3 Å². The second-order valence-electron chi connectivity index (χ2n) is 7.09. The van der Waals surface area contributed by atoms with Gasteiger partial charge in [0.15, 0.2) is 0 Å². The predicted molar refractivity (Wildman–Crippen MR) is 99.0 cm³/mol. The lowest BCUT2D eigenvalue weighted by Crippen LogP contribution is -2.38. The zero-order valence-corrected chi connectivity index (χ0v) is 15.2. The van der Waals surface area contributed by atoms with Gasteiger partial charge in [-0.25, -0.2) is 8.78 Å². The van der Waals surface area contributed by atoms with Crippen molar-refractivity contribution in [3.8, 4) is 0 Å². The van der Waals surface area contributed by atoms with E-state index in [0.29, 0.717) is 23.5 Å². The summed E-state index contributed by atoms with van der Waals surface area (Å²) in [5.74, 6) is -0.986. The Hall–Kier alpha value is -2.27. The molecule has 0 saturated heterocycles. The Kier molecular flexibility index (Phi) is 4.49. The number of hydrogen-bond donors (Lipinski definition) is 0. The fraction of sp³-hybridized carbons (Fsp3) is 0.381. The third-order valence-electron chi connectivity index (χ3n) is 5.52. The van der Waals surface area contributed by atoms with Gasteiger partial charge in [0.05, 0.1) is 5.52 Å². The standard InChI is InChI=1S/C21H23F2N3/c1-3-25-13-18-17-10-16(22)11-19(23)21(17)26(20(18)9-14(25)2)8-6-15-5-4-7-24-12-15/h4-5,7,10-12,14H,3,6,8-9,13H2,1-2H3. The van der Waals surface area contributed by atoms with E-state index < -0.39 is 11.6 Å². The van der Waals surface area contributed by atoms with Crippen LogP contribution in [-0.2, 0) is 25.9 Å². The van der Waals surface area contributed by atoms with Crippen LogP contribution in [0.4, 0.5) is 8.78 Å². The van der Waals surface area contributed by atoms with Crippen molar-refractivity contribution in [2.75, 3.05) is 6.54 Å². The molecule has 0 radical (unpaired) electrons. The summed E-state index contributed by atoms with van der Waals surface area (Å²) in [7, 11) is 0. The molecule has 26 heavy (non-hydrogen) atoms. The molecule has 0 N–H and O–H groups in total. The molecule has 1 unspecified atom stereocenters. The Labute approximate surface area is 152 Å². The fourth-order valence-corrected chi connectivity index (χ4v) is 4.16. The van der Waals surface area contributed by atoms with Gasteiger partial charge < -0.3 is 4.57 Å². The summed E-state index contributed by atoms with van der Waals surface area (Å²) >= 11 is 0. The van der Waals surface area contributed by atoms with Crippen LogP contribution in [0.1, 0.15) is 30.7 Å². The van der Waals surface area contributed by atoms with Crippen LogP contribution in [0.25, 0.3) is 10.9 Å². The molecule has 3 nitrogen and oxygen atoms in total. The van der Waals surface area contributed by atoms with Crippen molar-refractivity contribution in [3.63, 3.8) is 0 Å². The van der Waals surface area contributed by atoms with Crippen LogP contribution in [0, 0.1) is 11.6 Å². The van der Waals surface area contributed by atoms with Gasteiger partial charge in [0.1, 0.15) is 11.6 Å². The maximum absolute atomic E-state index is 14.7. The highest BCUT2D eigenvalue weighted by atomic mass is 19.1. The van der Waals surface area contributed by atoms with Crippen LogP contribution >= 0.6 is 0 Å². The normalized spacial score (nSPS) is 17.6. The summed E-state index contributed by atoms with van der Waals surface area (Å²) < 4.78 is 30.7. The SMILES string of the molecule is CCN1Cc2c(n(CCc3cccnc3)c3c(F)cc(F)cc23)CC1C. The molecule has 0 aliphatic carbocycles. The number of fused-ring (bicyclic) bond motifs is 3. The molecule has 0 spiro atoms. The van der Waals surface area contributed by atoms with Gasteiger partial charge >= 0.3 is 0 Å². The number of aryl methyl sites for hydroxylation is 2. The van der Waals surface area contributed by atoms with Gasteiger partial charge in [0.2, 0.25) is 0 Å². The largest absolute Gasteiger partial charge is 0.341 e. The second kappa shape index (κ2) is 6.80. The third kappa shape index (κ3) is 2.90. The van der Waals surface area contributed by atoms with E-state index >= 15 is 0 Å². The summed E-state index contributed by atoms with van der Waals surface area (Å²) in [6, 6.07) is 6.82. The molecule has 4 rings (SSSR count). The van der Waals surface area contributed by atoms with E-state index in [0.717, 1.165) is 48.8 Å². The van der Waals surface area contributed by atoms with E-state index in [1.165, 1.54) is 6.07 Å². The molecule has 1 aliphatic heterocycles. The molecule has 5 heteroatoms. The third-order valence-corrected chi connectivity index (χ3v) is 5.52. The lowest BCUT2D eigenvalue weighted by atomic mass is 9.99. The first kappa shape index (κ1) is 17.2. The quantitative estimate of drug-likeness (QED) is 0.695. The van der Waals surface area contributed by atoms with Gasteiger partial charge in [-0.05, 0) is 43.1 Å². The van der Waals surface area contributed by atoms with Crippen molar-refractivity contribution in [2.45, 2.75) is 45.8 Å². The summed E-state index contributed by atoms with van der Waals surface area (Å²) in [5, 5.41) is 0.717. The molecule has 0 saturated carbocycles. The van der Waals surface area contributed by atoms with Crippen LogP contribution in [0.3, 0.4) is 0 Å². The molecule has 0 fully saturated rings. The molecule has 1 aliphatic rings. The number of hydrogen-bond acceptors (Lipinski definition) is 2.